The van der Waals surface area contributed by atoms with Crippen LogP contribution < -0.4 is 11.1 Å². The van der Waals surface area contributed by atoms with Crippen LogP contribution in [0.1, 0.15) is 162 Å². The van der Waals surface area contributed by atoms with Crippen molar-refractivity contribution in [2.75, 3.05) is 50.4 Å². The lowest BCUT2D eigenvalue weighted by Crippen LogP contribution is -2.55. The minimum absolute atomic E-state index is 0. The van der Waals surface area contributed by atoms with Gasteiger partial charge >= 0.3 is 0 Å². The number of benzene rings is 2. The van der Waals surface area contributed by atoms with E-state index in [0.29, 0.717) is 57.3 Å². The number of carbonyl (C=O) groups excluding carboxylic acids is 2. The summed E-state index contributed by atoms with van der Waals surface area (Å²) in [7, 11) is -3.41. The summed E-state index contributed by atoms with van der Waals surface area (Å²) in [6.07, 6.45) is 21.4. The molecule has 2 fully saturated rings. The average Bonchev–Trinajstić information content (AvgIpc) is 1.43. The summed E-state index contributed by atoms with van der Waals surface area (Å²) in [5, 5.41) is 12.6. The molecule has 0 bridgehead atoms. The fourth-order valence-corrected chi connectivity index (χ4v) is 13.5. The van der Waals surface area contributed by atoms with Gasteiger partial charge in [0.25, 0.3) is 0 Å². The van der Waals surface area contributed by atoms with Crippen molar-refractivity contribution in [3.63, 3.8) is 0 Å². The summed E-state index contributed by atoms with van der Waals surface area (Å²) in [4.78, 5) is 47.4. The number of hydrogen-bond acceptors (Lipinski definition) is 14. The predicted octanol–water partition coefficient (Wildman–Crippen LogP) is 14.7. The summed E-state index contributed by atoms with van der Waals surface area (Å²) in [5.74, 6) is 1.57. The number of nitrogens with zero attached hydrogens (tertiary/aromatic N) is 10. The van der Waals surface area contributed by atoms with Gasteiger partial charge in [0, 0.05) is 74.9 Å². The van der Waals surface area contributed by atoms with Crippen LogP contribution in [0.15, 0.2) is 85.7 Å². The van der Waals surface area contributed by atoms with E-state index in [9.17, 15) is 9.59 Å². The molecule has 2 atom stereocenters. The largest absolute Gasteiger partial charge is 0.415 e. The molecule has 2 aliphatic carbocycles. The van der Waals surface area contributed by atoms with Crippen LogP contribution in [-0.4, -0.2) is 142 Å². The number of likely N-dealkylation sites (tertiary alicyclic amines) is 2. The Bertz CT molecular complexity index is 3270. The Morgan fingerprint density at radius 1 is 0.644 bits per heavy atom. The van der Waals surface area contributed by atoms with Crippen LogP contribution in [-0.2, 0) is 53.8 Å². The Kier molecular flexibility index (Phi) is 25.2. The molecule has 0 saturated carbocycles. The zero-order chi connectivity index (χ0) is 64.3. The van der Waals surface area contributed by atoms with Gasteiger partial charge in [0.2, 0.25) is 23.0 Å². The van der Waals surface area contributed by atoms with Gasteiger partial charge < -0.3 is 39.2 Å². The van der Waals surface area contributed by atoms with Crippen molar-refractivity contribution in [3.8, 4) is 22.5 Å². The third-order valence-electron chi connectivity index (χ3n) is 18.4. The van der Waals surface area contributed by atoms with E-state index in [2.05, 4.69) is 135 Å². The van der Waals surface area contributed by atoms with Gasteiger partial charge in [-0.15, -0.1) is 0 Å². The lowest BCUT2D eigenvalue weighted by Gasteiger charge is -2.40. The highest BCUT2D eigenvalue weighted by atomic mass is 35.5. The molecule has 492 valence electrons. The third-order valence-corrected chi connectivity index (χ3v) is 27.7. The Labute approximate surface area is 544 Å². The molecule has 0 spiro atoms. The van der Waals surface area contributed by atoms with Crippen LogP contribution in [0.5, 0.6) is 0 Å². The van der Waals surface area contributed by atoms with Crippen molar-refractivity contribution in [2.24, 2.45) is 0 Å². The molecular formula is C69H105ClN12O6Si2. The topological polar surface area (TPSA) is 203 Å². The number of aromatic nitrogens is 8. The van der Waals surface area contributed by atoms with Crippen molar-refractivity contribution < 1.29 is 27.9 Å². The van der Waals surface area contributed by atoms with E-state index in [1.54, 1.807) is 24.8 Å². The molecule has 2 unspecified atom stereocenters. The molecule has 2 amide bonds. The second-order valence-corrected chi connectivity index (χ2v) is 38.1. The van der Waals surface area contributed by atoms with Crippen LogP contribution in [0.2, 0.25) is 41.5 Å². The van der Waals surface area contributed by atoms with Crippen molar-refractivity contribution in [1.82, 2.24) is 49.3 Å². The fourth-order valence-electron chi connectivity index (χ4n) is 11.3. The number of halogens is 1. The smallest absolute Gasteiger partial charge is 0.227 e. The first kappa shape index (κ1) is 71.6. The highest BCUT2D eigenvalue weighted by molar-refractivity contribution is 6.74. The highest BCUT2D eigenvalue weighted by Gasteiger charge is 2.39. The van der Waals surface area contributed by atoms with Gasteiger partial charge in [0.15, 0.2) is 16.6 Å². The van der Waals surface area contributed by atoms with Gasteiger partial charge in [-0.3, -0.25) is 19.0 Å². The van der Waals surface area contributed by atoms with Crippen molar-refractivity contribution in [2.45, 2.75) is 226 Å². The number of nitrogens with two attached hydrogens (primary N) is 1. The number of anilines is 3. The van der Waals surface area contributed by atoms with E-state index < -0.39 is 16.6 Å². The first-order valence-corrected chi connectivity index (χ1v) is 38.6. The lowest BCUT2D eigenvalue weighted by atomic mass is 9.88. The summed E-state index contributed by atoms with van der Waals surface area (Å²) < 4.78 is 27.7. The second-order valence-electron chi connectivity index (χ2n) is 28.2. The standard InChI is InChI=1S/C34H50N6O3Si.C23H28ClN3O2.C11H23N3OSi.CH4/c1-24(2)43-29-22-39(23-29)32(41)19-26-11-9-8-10-25-18-27(12-13-30(25)26)31-14-15-35-33(38-31)37-28-20-36-40(21-28)16-17-42-44(6,7)34(3,4)5;1-15(2)29-19-13-27(14-19)22(28)12-17-6-4-3-5-16-11-18(7-8-20(16)17)21-9-10-25-23(24)26-21;1-11(2,3)16(4,5)15-7-6-14-9-10(12)8-13-14;/h12-15,18,20-21,24,26,29H,8-11,16-17,19,22-23H2,1-7H3,(H,35,37,38);7-11,15,17,19H,3-6,12-14H2,1-2H3;8-9H,6-7,12H2,1-5H3;1H4. The van der Waals surface area contributed by atoms with Crippen molar-refractivity contribution in [3.05, 3.63) is 113 Å². The lowest BCUT2D eigenvalue weighted by molar-refractivity contribution is -0.149. The Hall–Kier alpha value is -5.88. The van der Waals surface area contributed by atoms with Gasteiger partial charge in [-0.05, 0) is 172 Å². The minimum atomic E-state index is -1.78. The molecular weight excluding hydrogens is 1180 g/mol. The monoisotopic (exact) mass is 1290 g/mol. The molecule has 2 saturated heterocycles. The van der Waals surface area contributed by atoms with Crippen LogP contribution in [0.4, 0.5) is 17.3 Å². The SMILES string of the molecule is C.CC(C)(C)[Si](C)(C)OCCn1cc(N)cn1.CC(C)OC1CN(C(=O)CC2CCCCc3cc(-c4ccnc(Cl)n4)ccc32)C1.CC(C)OC1CN(C(=O)CC2CCCCc3cc(-c4ccnc(Nc5cnn(CCO[Si](C)(C)C(C)(C)C)c5)n4)ccc32)C1. The summed E-state index contributed by atoms with van der Waals surface area (Å²) >= 11 is 5.96. The highest BCUT2D eigenvalue weighted by Crippen LogP contribution is 2.40. The molecule has 21 heteroatoms. The van der Waals surface area contributed by atoms with Gasteiger partial charge in [-0.25, -0.2) is 19.9 Å². The molecule has 10 rings (SSSR count). The number of amides is 2. The molecule has 6 heterocycles. The van der Waals surface area contributed by atoms with Gasteiger partial charge in [-0.1, -0.05) is 86.1 Å². The third kappa shape index (κ3) is 20.1. The first-order valence-electron chi connectivity index (χ1n) is 32.4. The van der Waals surface area contributed by atoms with Gasteiger partial charge in [-0.2, -0.15) is 10.2 Å². The van der Waals surface area contributed by atoms with Crippen LogP contribution in [0.25, 0.3) is 22.5 Å². The number of fused-ring (bicyclic) bond motifs is 2. The Morgan fingerprint density at radius 2 is 1.10 bits per heavy atom. The van der Waals surface area contributed by atoms with Crippen LogP contribution >= 0.6 is 11.6 Å². The molecule has 3 N–H and O–H groups in total. The van der Waals surface area contributed by atoms with E-state index in [1.807, 2.05) is 71.4 Å². The summed E-state index contributed by atoms with van der Waals surface area (Å²) in [6, 6.07) is 17.0. The average molecular weight is 1290 g/mol. The van der Waals surface area contributed by atoms with Crippen molar-refractivity contribution >= 4 is 57.4 Å². The fraction of sp³-hybridized carbons (Fsp3) is 0.594. The second kappa shape index (κ2) is 31.6. The summed E-state index contributed by atoms with van der Waals surface area (Å²) in [5.41, 5.74) is 16.2. The molecule has 0 radical (unpaired) electrons. The number of carbonyl (C=O) groups is 2. The minimum Gasteiger partial charge on any atom is -0.415 e. The maximum Gasteiger partial charge on any atom is 0.227 e. The quantitative estimate of drug-likeness (QED) is 0.0415. The number of nitrogens with one attached hydrogen (secondary N) is 1. The molecule has 4 aromatic heterocycles. The molecule has 90 heavy (non-hydrogen) atoms. The van der Waals surface area contributed by atoms with Crippen LogP contribution in [0.3, 0.4) is 0 Å². The van der Waals surface area contributed by atoms with E-state index >= 15 is 0 Å². The molecule has 4 aliphatic rings. The zero-order valence-corrected chi connectivity index (χ0v) is 58.4. The summed E-state index contributed by atoms with van der Waals surface area (Å²) in [6.45, 7) is 36.4. The first-order chi connectivity index (χ1) is 42.1. The number of hydrogen-bond donors (Lipinski definition) is 2. The number of aryl methyl sites for hydroxylation is 2. The predicted molar refractivity (Wildman–Crippen MR) is 368 cm³/mol. The molecule has 6 aromatic rings. The number of nitrogen functional groups attached to an aromatic ring is 1. The van der Waals surface area contributed by atoms with E-state index in [1.165, 1.54) is 22.3 Å². The van der Waals surface area contributed by atoms with E-state index in [4.69, 9.17) is 40.6 Å². The maximum absolute atomic E-state index is 13.1. The molecule has 2 aliphatic heterocycles. The van der Waals surface area contributed by atoms with E-state index in [0.717, 1.165) is 99.2 Å². The molecule has 2 aromatic carbocycles. The zero-order valence-electron chi connectivity index (χ0n) is 55.7. The number of ether oxygens (including phenoxy) is 2. The van der Waals surface area contributed by atoms with Crippen molar-refractivity contribution in [1.29, 1.82) is 0 Å². The Morgan fingerprint density at radius 3 is 1.54 bits per heavy atom. The number of rotatable bonds is 20. The Balaban J connectivity index is 0.000000214. The maximum atomic E-state index is 13.1. The van der Waals surface area contributed by atoms with E-state index in [-0.39, 0.29) is 70.9 Å². The van der Waals surface area contributed by atoms with Gasteiger partial charge in [0.05, 0.1) is 85.9 Å². The molecule has 18 nitrogen and oxygen atoms in total. The normalized spacial score (nSPS) is 17.3. The van der Waals surface area contributed by atoms with Crippen LogP contribution in [0, 0.1) is 0 Å². The van der Waals surface area contributed by atoms with Gasteiger partial charge in [0.1, 0.15) is 0 Å².